The lowest BCUT2D eigenvalue weighted by Gasteiger charge is -2.26. The number of hydrogen-bond acceptors (Lipinski definition) is 7. The summed E-state index contributed by atoms with van der Waals surface area (Å²) in [5.41, 5.74) is 2.03. The molecule has 1 aromatic heterocycles. The molecule has 1 aliphatic heterocycles. The number of benzene rings is 2. The lowest BCUT2D eigenvalue weighted by molar-refractivity contribution is -0.116. The number of H-pyrrole nitrogens is 1. The van der Waals surface area contributed by atoms with Crippen LogP contribution in [0.25, 0.3) is 22.0 Å². The van der Waals surface area contributed by atoms with E-state index in [1.54, 1.807) is 6.07 Å². The molecule has 34 heavy (non-hydrogen) atoms. The number of amides is 1. The molecule has 1 saturated heterocycles. The highest BCUT2D eigenvalue weighted by Gasteiger charge is 2.12. The standard InChI is InChI=1S/C22H24N4O3.CH4O3S/c27-20(9-4-10-26-11-13-29-14-12-26)23-17-6-3-5-16(15-17)21-18-7-1-2-8-19(18)22(28)25-24-21;1-5(2,3)4/h1-3,5-8,15H,4,9-14H2,(H,23,27)(H,25,28);1H3,(H,2,3,4). The molecule has 0 spiro atoms. The van der Waals surface area contributed by atoms with E-state index in [0.29, 0.717) is 23.8 Å². The van der Waals surface area contributed by atoms with Gasteiger partial charge in [0.25, 0.3) is 15.7 Å². The summed E-state index contributed by atoms with van der Waals surface area (Å²) in [5, 5.41) is 11.1. The Morgan fingerprint density at radius 3 is 2.53 bits per heavy atom. The van der Waals surface area contributed by atoms with Gasteiger partial charge in [-0.3, -0.25) is 19.0 Å². The summed E-state index contributed by atoms with van der Waals surface area (Å²) in [5.74, 6) is -0.00491. The van der Waals surface area contributed by atoms with Crippen LogP contribution in [-0.2, 0) is 19.6 Å². The molecule has 0 aliphatic carbocycles. The van der Waals surface area contributed by atoms with Crippen molar-refractivity contribution in [1.29, 1.82) is 0 Å². The summed E-state index contributed by atoms with van der Waals surface area (Å²) in [6.07, 6.45) is 2.01. The summed E-state index contributed by atoms with van der Waals surface area (Å²) < 4.78 is 31.2. The Hall–Kier alpha value is -3.12. The third-order valence-corrected chi connectivity index (χ3v) is 5.10. The van der Waals surface area contributed by atoms with E-state index in [2.05, 4.69) is 20.4 Å². The van der Waals surface area contributed by atoms with Gasteiger partial charge < -0.3 is 10.1 Å². The third-order valence-electron chi connectivity index (χ3n) is 5.10. The Morgan fingerprint density at radius 1 is 1.15 bits per heavy atom. The number of anilines is 1. The van der Waals surface area contributed by atoms with Gasteiger partial charge in [0.1, 0.15) is 0 Å². The van der Waals surface area contributed by atoms with Crippen molar-refractivity contribution in [2.24, 2.45) is 0 Å². The molecule has 0 radical (unpaired) electrons. The maximum atomic E-state index is 12.3. The van der Waals surface area contributed by atoms with Gasteiger partial charge in [0, 0.05) is 36.1 Å². The fraction of sp³-hybridized carbons (Fsp3) is 0.348. The number of morpholine rings is 1. The fourth-order valence-electron chi connectivity index (χ4n) is 3.59. The molecule has 2 heterocycles. The zero-order chi connectivity index (χ0) is 24.6. The first kappa shape index (κ1) is 25.5. The Kier molecular flexibility index (Phi) is 8.88. The van der Waals surface area contributed by atoms with E-state index in [9.17, 15) is 18.0 Å². The minimum absolute atomic E-state index is 0.00491. The lowest BCUT2D eigenvalue weighted by Crippen LogP contribution is -2.37. The van der Waals surface area contributed by atoms with Crippen LogP contribution in [0.4, 0.5) is 5.69 Å². The van der Waals surface area contributed by atoms with Crippen LogP contribution in [-0.4, -0.2) is 73.1 Å². The first-order valence-electron chi connectivity index (χ1n) is 10.8. The second-order valence-electron chi connectivity index (χ2n) is 7.87. The molecule has 182 valence electrons. The number of aromatic amines is 1. The number of nitrogens with one attached hydrogen (secondary N) is 2. The molecule has 1 fully saturated rings. The molecule has 1 amide bonds. The van der Waals surface area contributed by atoms with Crippen molar-refractivity contribution in [3.63, 3.8) is 0 Å². The molecule has 10 nitrogen and oxygen atoms in total. The molecule has 0 unspecified atom stereocenters. The first-order chi connectivity index (χ1) is 16.2. The summed E-state index contributed by atoms with van der Waals surface area (Å²) in [6.45, 7) is 4.32. The van der Waals surface area contributed by atoms with Gasteiger partial charge in [-0.05, 0) is 31.2 Å². The van der Waals surface area contributed by atoms with E-state index < -0.39 is 10.1 Å². The second-order valence-corrected chi connectivity index (χ2v) is 9.33. The first-order valence-corrected chi connectivity index (χ1v) is 12.7. The minimum atomic E-state index is -3.67. The Labute approximate surface area is 197 Å². The van der Waals surface area contributed by atoms with Gasteiger partial charge in [0.15, 0.2) is 0 Å². The molecule has 4 rings (SSSR count). The molecule has 2 aromatic carbocycles. The van der Waals surface area contributed by atoms with Gasteiger partial charge in [-0.25, -0.2) is 5.10 Å². The van der Waals surface area contributed by atoms with Crippen molar-refractivity contribution in [2.75, 3.05) is 44.4 Å². The Balaban J connectivity index is 0.000000588. The quantitative estimate of drug-likeness (QED) is 0.448. The van der Waals surface area contributed by atoms with Crippen LogP contribution in [0.15, 0.2) is 53.3 Å². The van der Waals surface area contributed by atoms with Gasteiger partial charge in [-0.1, -0.05) is 30.3 Å². The van der Waals surface area contributed by atoms with Crippen molar-refractivity contribution in [3.8, 4) is 11.3 Å². The van der Waals surface area contributed by atoms with Crippen molar-refractivity contribution in [3.05, 3.63) is 58.9 Å². The number of rotatable bonds is 6. The normalized spacial score (nSPS) is 14.3. The topological polar surface area (TPSA) is 142 Å². The summed E-state index contributed by atoms with van der Waals surface area (Å²) in [7, 11) is -3.67. The van der Waals surface area contributed by atoms with E-state index in [-0.39, 0.29) is 11.5 Å². The van der Waals surface area contributed by atoms with Crippen molar-refractivity contribution >= 4 is 32.5 Å². The van der Waals surface area contributed by atoms with Crippen molar-refractivity contribution < 1.29 is 22.5 Å². The van der Waals surface area contributed by atoms with Gasteiger partial charge in [-0.2, -0.15) is 13.5 Å². The molecular weight excluding hydrogens is 460 g/mol. The van der Waals surface area contributed by atoms with Crippen LogP contribution >= 0.6 is 0 Å². The third kappa shape index (κ3) is 8.03. The summed E-state index contributed by atoms with van der Waals surface area (Å²) in [6, 6.07) is 14.9. The van der Waals surface area contributed by atoms with Crippen molar-refractivity contribution in [1.82, 2.24) is 15.1 Å². The largest absolute Gasteiger partial charge is 0.379 e. The van der Waals surface area contributed by atoms with E-state index in [1.807, 2.05) is 42.5 Å². The molecule has 0 saturated carbocycles. The van der Waals surface area contributed by atoms with Crippen LogP contribution in [0.5, 0.6) is 0 Å². The maximum Gasteiger partial charge on any atom is 0.272 e. The van der Waals surface area contributed by atoms with Gasteiger partial charge in [0.2, 0.25) is 5.91 Å². The molecule has 3 N–H and O–H groups in total. The number of nitrogens with zero attached hydrogens (tertiary/aromatic N) is 2. The SMILES string of the molecule is CS(=O)(=O)O.O=C(CCCN1CCOCC1)Nc1cccc(-c2n[nH]c(=O)c3ccccc23)c1. The van der Waals surface area contributed by atoms with E-state index in [4.69, 9.17) is 9.29 Å². The number of fused-ring (bicyclic) bond motifs is 1. The monoisotopic (exact) mass is 488 g/mol. The molecule has 0 bridgehead atoms. The van der Waals surface area contributed by atoms with E-state index in [1.165, 1.54) is 0 Å². The highest BCUT2D eigenvalue weighted by atomic mass is 32.2. The highest BCUT2D eigenvalue weighted by molar-refractivity contribution is 7.85. The maximum absolute atomic E-state index is 12.3. The lowest BCUT2D eigenvalue weighted by atomic mass is 10.0. The highest BCUT2D eigenvalue weighted by Crippen LogP contribution is 2.26. The van der Waals surface area contributed by atoms with Crippen LogP contribution in [0.1, 0.15) is 12.8 Å². The average Bonchev–Trinajstić information content (AvgIpc) is 2.79. The number of aromatic nitrogens is 2. The number of carbonyl (C=O) groups excluding carboxylic acids is 1. The molecule has 1 aliphatic rings. The van der Waals surface area contributed by atoms with E-state index >= 15 is 0 Å². The van der Waals surface area contributed by atoms with Crippen LogP contribution in [0.3, 0.4) is 0 Å². The fourth-order valence-corrected chi connectivity index (χ4v) is 3.59. The van der Waals surface area contributed by atoms with Gasteiger partial charge in [0.05, 0.1) is 30.5 Å². The Bertz CT molecular complexity index is 1280. The summed E-state index contributed by atoms with van der Waals surface area (Å²) >= 11 is 0. The van der Waals surface area contributed by atoms with Crippen LogP contribution in [0.2, 0.25) is 0 Å². The Morgan fingerprint density at radius 2 is 1.82 bits per heavy atom. The summed E-state index contributed by atoms with van der Waals surface area (Å²) in [4.78, 5) is 26.7. The molecule has 3 aromatic rings. The van der Waals surface area contributed by atoms with E-state index in [0.717, 1.165) is 55.9 Å². The van der Waals surface area contributed by atoms with Gasteiger partial charge >= 0.3 is 0 Å². The minimum Gasteiger partial charge on any atom is -0.379 e. The van der Waals surface area contributed by atoms with Crippen molar-refractivity contribution in [2.45, 2.75) is 12.8 Å². The van der Waals surface area contributed by atoms with Gasteiger partial charge in [-0.15, -0.1) is 0 Å². The number of carbonyl (C=O) groups is 1. The predicted molar refractivity (Wildman–Crippen MR) is 130 cm³/mol. The molecule has 0 atom stereocenters. The zero-order valence-electron chi connectivity index (χ0n) is 18.9. The zero-order valence-corrected chi connectivity index (χ0v) is 19.7. The number of hydrogen-bond donors (Lipinski definition) is 3. The predicted octanol–water partition coefficient (Wildman–Crippen LogP) is 2.15. The van der Waals surface area contributed by atoms with Crippen LogP contribution in [0, 0.1) is 0 Å². The number of ether oxygens (including phenoxy) is 1. The smallest absolute Gasteiger partial charge is 0.272 e. The average molecular weight is 489 g/mol. The van der Waals surface area contributed by atoms with Crippen LogP contribution < -0.4 is 10.9 Å². The molecular formula is C23H28N4O6S. The second kappa shape index (κ2) is 11.8. The molecule has 11 heteroatoms.